The molecule has 0 spiro atoms. The Bertz CT molecular complexity index is 473. The summed E-state index contributed by atoms with van der Waals surface area (Å²) in [5.74, 6) is 1.58. The van der Waals surface area contributed by atoms with Crippen LogP contribution < -0.4 is 4.74 Å². The van der Waals surface area contributed by atoms with Crippen LogP contribution in [0.25, 0.3) is 0 Å². The number of benzene rings is 2. The minimum atomic E-state index is 0.623. The van der Waals surface area contributed by atoms with Crippen molar-refractivity contribution >= 4 is 0 Å². The first kappa shape index (κ1) is 13.7. The molecule has 100 valence electrons. The fourth-order valence-electron chi connectivity index (χ4n) is 2.06. The fraction of sp³-hybridized carbons (Fsp3) is 0.333. The van der Waals surface area contributed by atoms with Gasteiger partial charge < -0.3 is 4.74 Å². The van der Waals surface area contributed by atoms with Gasteiger partial charge in [0.15, 0.2) is 0 Å². The average molecular weight is 254 g/mol. The van der Waals surface area contributed by atoms with Crippen LogP contribution in [-0.2, 0) is 6.42 Å². The lowest BCUT2D eigenvalue weighted by Gasteiger charge is -2.10. The van der Waals surface area contributed by atoms with E-state index in [2.05, 4.69) is 62.4 Å². The molecule has 0 aliphatic rings. The first-order chi connectivity index (χ1) is 9.29. The van der Waals surface area contributed by atoms with Crippen LogP contribution >= 0.6 is 0 Å². The van der Waals surface area contributed by atoms with Crippen molar-refractivity contribution in [2.45, 2.75) is 32.6 Å². The van der Waals surface area contributed by atoms with Crippen LogP contribution in [0.15, 0.2) is 54.6 Å². The largest absolute Gasteiger partial charge is 0.493 e. The molecule has 19 heavy (non-hydrogen) atoms. The maximum absolute atomic E-state index is 5.78. The van der Waals surface area contributed by atoms with E-state index in [0.717, 1.165) is 18.8 Å². The van der Waals surface area contributed by atoms with Crippen molar-refractivity contribution in [2.24, 2.45) is 0 Å². The molecule has 1 unspecified atom stereocenters. The van der Waals surface area contributed by atoms with E-state index >= 15 is 0 Å². The van der Waals surface area contributed by atoms with Gasteiger partial charge in [0.25, 0.3) is 0 Å². The predicted molar refractivity (Wildman–Crippen MR) is 80.8 cm³/mol. The average Bonchev–Trinajstić information content (AvgIpc) is 2.48. The molecule has 0 amide bonds. The molecule has 0 aliphatic carbocycles. The van der Waals surface area contributed by atoms with Crippen molar-refractivity contribution in [2.75, 3.05) is 6.61 Å². The molecule has 0 saturated carbocycles. The molecular weight excluding hydrogens is 232 g/mol. The lowest BCUT2D eigenvalue weighted by Crippen LogP contribution is -2.01. The van der Waals surface area contributed by atoms with Crippen molar-refractivity contribution in [3.63, 3.8) is 0 Å². The zero-order chi connectivity index (χ0) is 13.5. The Morgan fingerprint density at radius 1 is 0.947 bits per heavy atom. The molecule has 2 aromatic rings. The maximum Gasteiger partial charge on any atom is 0.119 e. The predicted octanol–water partition coefficient (Wildman–Crippen LogP) is 4.82. The SMILES string of the molecule is CCC(C)c1ccc(OCCc2ccccc2)cc1. The van der Waals surface area contributed by atoms with Gasteiger partial charge in [-0.3, -0.25) is 0 Å². The van der Waals surface area contributed by atoms with E-state index in [0.29, 0.717) is 5.92 Å². The molecule has 0 aliphatic heterocycles. The highest BCUT2D eigenvalue weighted by atomic mass is 16.5. The first-order valence-electron chi connectivity index (χ1n) is 7.06. The number of ether oxygens (including phenoxy) is 1. The van der Waals surface area contributed by atoms with Gasteiger partial charge in [-0.1, -0.05) is 56.3 Å². The minimum absolute atomic E-state index is 0.623. The third kappa shape index (κ3) is 4.13. The fourth-order valence-corrected chi connectivity index (χ4v) is 2.06. The highest BCUT2D eigenvalue weighted by Crippen LogP contribution is 2.21. The third-order valence-electron chi connectivity index (χ3n) is 3.56. The lowest BCUT2D eigenvalue weighted by atomic mass is 9.99. The van der Waals surface area contributed by atoms with E-state index in [9.17, 15) is 0 Å². The van der Waals surface area contributed by atoms with Gasteiger partial charge in [-0.05, 0) is 35.6 Å². The highest BCUT2D eigenvalue weighted by Gasteiger charge is 2.02. The summed E-state index contributed by atoms with van der Waals surface area (Å²) in [5.41, 5.74) is 2.71. The smallest absolute Gasteiger partial charge is 0.119 e. The molecule has 0 heterocycles. The van der Waals surface area contributed by atoms with Crippen molar-refractivity contribution < 1.29 is 4.74 Å². The van der Waals surface area contributed by atoms with Crippen LogP contribution in [0.2, 0.25) is 0 Å². The summed E-state index contributed by atoms with van der Waals surface area (Å²) in [5, 5.41) is 0. The van der Waals surface area contributed by atoms with Gasteiger partial charge in [0.05, 0.1) is 6.61 Å². The van der Waals surface area contributed by atoms with Crippen molar-refractivity contribution in [1.82, 2.24) is 0 Å². The molecule has 1 heteroatoms. The molecule has 0 aromatic heterocycles. The van der Waals surface area contributed by atoms with E-state index in [1.165, 1.54) is 17.5 Å². The maximum atomic E-state index is 5.78. The Morgan fingerprint density at radius 3 is 2.26 bits per heavy atom. The van der Waals surface area contributed by atoms with Crippen LogP contribution in [0.1, 0.15) is 37.3 Å². The van der Waals surface area contributed by atoms with Gasteiger partial charge in [0.1, 0.15) is 5.75 Å². The van der Waals surface area contributed by atoms with Crippen LogP contribution in [0.5, 0.6) is 5.75 Å². The second-order valence-corrected chi connectivity index (χ2v) is 4.96. The van der Waals surface area contributed by atoms with Gasteiger partial charge in [0.2, 0.25) is 0 Å². The molecule has 0 saturated heterocycles. The summed E-state index contributed by atoms with van der Waals surface area (Å²) >= 11 is 0. The van der Waals surface area contributed by atoms with Crippen molar-refractivity contribution in [3.05, 3.63) is 65.7 Å². The second kappa shape index (κ2) is 6.98. The Kier molecular flexibility index (Phi) is 5.02. The van der Waals surface area contributed by atoms with Crippen molar-refractivity contribution in [1.29, 1.82) is 0 Å². The summed E-state index contributed by atoms with van der Waals surface area (Å²) in [6, 6.07) is 18.9. The first-order valence-corrected chi connectivity index (χ1v) is 7.06. The summed E-state index contributed by atoms with van der Waals surface area (Å²) in [7, 11) is 0. The van der Waals surface area contributed by atoms with Crippen LogP contribution in [0.4, 0.5) is 0 Å². The normalized spacial score (nSPS) is 12.1. The molecule has 1 atom stereocenters. The van der Waals surface area contributed by atoms with E-state index < -0.39 is 0 Å². The molecule has 2 rings (SSSR count). The quantitative estimate of drug-likeness (QED) is 0.718. The van der Waals surface area contributed by atoms with Gasteiger partial charge >= 0.3 is 0 Å². The van der Waals surface area contributed by atoms with E-state index in [4.69, 9.17) is 4.74 Å². The Morgan fingerprint density at radius 2 is 1.63 bits per heavy atom. The Labute approximate surface area is 116 Å². The second-order valence-electron chi connectivity index (χ2n) is 4.96. The molecule has 0 bridgehead atoms. The molecule has 0 radical (unpaired) electrons. The topological polar surface area (TPSA) is 9.23 Å². The van der Waals surface area contributed by atoms with E-state index in [-0.39, 0.29) is 0 Å². The number of hydrogen-bond donors (Lipinski definition) is 0. The summed E-state index contributed by atoms with van der Waals surface area (Å²) in [4.78, 5) is 0. The molecule has 2 aromatic carbocycles. The Hall–Kier alpha value is -1.76. The van der Waals surface area contributed by atoms with Crippen molar-refractivity contribution in [3.8, 4) is 5.75 Å². The van der Waals surface area contributed by atoms with Gasteiger partial charge in [-0.15, -0.1) is 0 Å². The summed E-state index contributed by atoms with van der Waals surface area (Å²) in [6.45, 7) is 5.20. The summed E-state index contributed by atoms with van der Waals surface area (Å²) in [6.07, 6.45) is 2.13. The number of rotatable bonds is 6. The molecular formula is C18H22O. The third-order valence-corrected chi connectivity index (χ3v) is 3.56. The zero-order valence-electron chi connectivity index (χ0n) is 11.8. The van der Waals surface area contributed by atoms with E-state index in [1.807, 2.05) is 6.07 Å². The minimum Gasteiger partial charge on any atom is -0.493 e. The lowest BCUT2D eigenvalue weighted by molar-refractivity contribution is 0.322. The number of hydrogen-bond acceptors (Lipinski definition) is 1. The monoisotopic (exact) mass is 254 g/mol. The standard InChI is InChI=1S/C18H22O/c1-3-15(2)17-9-11-18(12-10-17)19-14-13-16-7-5-4-6-8-16/h4-12,15H,3,13-14H2,1-2H3. The zero-order valence-corrected chi connectivity index (χ0v) is 11.8. The highest BCUT2D eigenvalue weighted by molar-refractivity contribution is 5.29. The van der Waals surface area contributed by atoms with E-state index in [1.54, 1.807) is 0 Å². The van der Waals surface area contributed by atoms with Gasteiger partial charge in [-0.25, -0.2) is 0 Å². The van der Waals surface area contributed by atoms with Crippen LogP contribution in [-0.4, -0.2) is 6.61 Å². The summed E-state index contributed by atoms with van der Waals surface area (Å²) < 4.78 is 5.78. The van der Waals surface area contributed by atoms with Gasteiger partial charge in [-0.2, -0.15) is 0 Å². The van der Waals surface area contributed by atoms with Crippen LogP contribution in [0, 0.1) is 0 Å². The molecule has 0 fully saturated rings. The van der Waals surface area contributed by atoms with Crippen LogP contribution in [0.3, 0.4) is 0 Å². The Balaban J connectivity index is 1.83. The molecule has 1 nitrogen and oxygen atoms in total. The molecule has 0 N–H and O–H groups in total. The van der Waals surface area contributed by atoms with Gasteiger partial charge in [0, 0.05) is 6.42 Å².